The molecule has 16 heavy (non-hydrogen) atoms. The quantitative estimate of drug-likeness (QED) is 0.898. The van der Waals surface area contributed by atoms with Gasteiger partial charge in [0.25, 0.3) is 0 Å². The molecule has 1 aliphatic carbocycles. The molecule has 0 saturated heterocycles. The van der Waals surface area contributed by atoms with E-state index < -0.39 is 0 Å². The van der Waals surface area contributed by atoms with Crippen LogP contribution in [0.25, 0.3) is 0 Å². The maximum atomic E-state index is 4.34. The topological polar surface area (TPSA) is 24.9 Å². The Morgan fingerprint density at radius 3 is 2.69 bits per heavy atom. The molecule has 1 fully saturated rings. The molecule has 88 valence electrons. The summed E-state index contributed by atoms with van der Waals surface area (Å²) in [4.78, 5) is 4.34. The molecule has 0 atom stereocenters. The third kappa shape index (κ3) is 3.21. The molecule has 1 aromatic rings. The molecule has 1 aromatic heterocycles. The Bertz CT molecular complexity index is 328. The Kier molecular flexibility index (Phi) is 3.85. The van der Waals surface area contributed by atoms with Crippen LogP contribution in [0.3, 0.4) is 0 Å². The lowest BCUT2D eigenvalue weighted by molar-refractivity contribution is 0.233. The van der Waals surface area contributed by atoms with Gasteiger partial charge in [0, 0.05) is 17.2 Å². The number of hydrogen-bond acceptors (Lipinski definition) is 2. The zero-order valence-electron chi connectivity index (χ0n) is 9.80. The van der Waals surface area contributed by atoms with Gasteiger partial charge in [0.2, 0.25) is 0 Å². The number of nitrogens with zero attached hydrogens (tertiary/aromatic N) is 1. The number of aromatic nitrogens is 1. The number of rotatable bonds is 3. The molecule has 2 rings (SSSR count). The van der Waals surface area contributed by atoms with Crippen molar-refractivity contribution in [1.29, 1.82) is 0 Å². The van der Waals surface area contributed by atoms with Crippen LogP contribution in [-0.4, -0.2) is 11.5 Å². The van der Waals surface area contributed by atoms with Crippen LogP contribution in [0.1, 0.15) is 39.0 Å². The molecule has 0 aliphatic heterocycles. The van der Waals surface area contributed by atoms with Crippen molar-refractivity contribution in [3.8, 4) is 0 Å². The van der Waals surface area contributed by atoms with Crippen LogP contribution in [0, 0.1) is 5.41 Å². The zero-order chi connectivity index (χ0) is 11.4. The predicted octanol–water partition coefficient (Wildman–Crippen LogP) is 4.23. The molecule has 1 aliphatic rings. The van der Waals surface area contributed by atoms with Crippen molar-refractivity contribution in [3.05, 3.63) is 22.8 Å². The lowest BCUT2D eigenvalue weighted by Crippen LogP contribution is -2.29. The van der Waals surface area contributed by atoms with E-state index in [1.807, 2.05) is 18.3 Å². The molecule has 0 radical (unpaired) electrons. The highest BCUT2D eigenvalue weighted by Gasteiger charge is 2.26. The van der Waals surface area contributed by atoms with Gasteiger partial charge in [-0.2, -0.15) is 0 Å². The molecule has 0 amide bonds. The summed E-state index contributed by atoms with van der Waals surface area (Å²) in [7, 11) is 0. The number of pyridine rings is 1. The lowest BCUT2D eigenvalue weighted by Gasteiger charge is -2.33. The summed E-state index contributed by atoms with van der Waals surface area (Å²) in [6, 6.07) is 4.05. The van der Waals surface area contributed by atoms with E-state index in [1.54, 1.807) is 0 Å². The molecule has 2 nitrogen and oxygen atoms in total. The second-order valence-corrected chi connectivity index (χ2v) is 6.00. The van der Waals surface area contributed by atoms with Crippen LogP contribution >= 0.6 is 15.9 Å². The van der Waals surface area contributed by atoms with Crippen molar-refractivity contribution in [2.75, 3.05) is 11.9 Å². The minimum atomic E-state index is 0.465. The number of halogens is 1. The molecule has 1 saturated carbocycles. The Morgan fingerprint density at radius 1 is 1.31 bits per heavy atom. The summed E-state index contributed by atoms with van der Waals surface area (Å²) >= 11 is 3.39. The summed E-state index contributed by atoms with van der Waals surface area (Å²) in [5.74, 6) is 0.981. The van der Waals surface area contributed by atoms with Crippen molar-refractivity contribution < 1.29 is 0 Å². The molecule has 3 heteroatoms. The predicted molar refractivity (Wildman–Crippen MR) is 71.6 cm³/mol. The van der Waals surface area contributed by atoms with Crippen LogP contribution in [0.4, 0.5) is 5.82 Å². The molecule has 0 bridgehead atoms. The smallest absolute Gasteiger partial charge is 0.125 e. The van der Waals surface area contributed by atoms with Crippen molar-refractivity contribution >= 4 is 21.7 Å². The maximum absolute atomic E-state index is 4.34. The summed E-state index contributed by atoms with van der Waals surface area (Å²) in [5.41, 5.74) is 0.465. The molecular weight excluding hydrogens is 264 g/mol. The van der Waals surface area contributed by atoms with E-state index in [0.717, 1.165) is 16.8 Å². The Hall–Kier alpha value is -0.570. The van der Waals surface area contributed by atoms with Gasteiger partial charge in [0.15, 0.2) is 0 Å². The van der Waals surface area contributed by atoms with Crippen LogP contribution in [-0.2, 0) is 0 Å². The van der Waals surface area contributed by atoms with Gasteiger partial charge in [-0.1, -0.05) is 26.2 Å². The first-order valence-corrected chi connectivity index (χ1v) is 6.83. The van der Waals surface area contributed by atoms with Gasteiger partial charge in [-0.05, 0) is 46.3 Å². The highest BCUT2D eigenvalue weighted by molar-refractivity contribution is 9.10. The largest absolute Gasteiger partial charge is 0.370 e. The van der Waals surface area contributed by atoms with Gasteiger partial charge in [-0.25, -0.2) is 4.98 Å². The third-order valence-corrected chi connectivity index (χ3v) is 3.95. The normalized spacial score (nSPS) is 19.4. The average Bonchev–Trinajstić information content (AvgIpc) is 2.29. The molecule has 0 spiro atoms. The third-order valence-electron chi connectivity index (χ3n) is 3.48. The van der Waals surface area contributed by atoms with Crippen molar-refractivity contribution in [2.45, 2.75) is 39.0 Å². The van der Waals surface area contributed by atoms with E-state index in [-0.39, 0.29) is 0 Å². The highest BCUT2D eigenvalue weighted by Crippen LogP contribution is 2.35. The summed E-state index contributed by atoms with van der Waals surface area (Å²) in [5, 5.41) is 3.45. The lowest BCUT2D eigenvalue weighted by atomic mass is 9.76. The molecule has 0 aromatic carbocycles. The first-order valence-electron chi connectivity index (χ1n) is 6.03. The van der Waals surface area contributed by atoms with Gasteiger partial charge >= 0.3 is 0 Å². The highest BCUT2D eigenvalue weighted by atomic mass is 79.9. The van der Waals surface area contributed by atoms with E-state index in [0.29, 0.717) is 5.41 Å². The van der Waals surface area contributed by atoms with E-state index in [9.17, 15) is 0 Å². The first kappa shape index (κ1) is 11.9. The molecular formula is C13H19BrN2. The first-order chi connectivity index (χ1) is 7.68. The van der Waals surface area contributed by atoms with Crippen LogP contribution in [0.15, 0.2) is 22.8 Å². The van der Waals surface area contributed by atoms with E-state index in [2.05, 4.69) is 33.2 Å². The Balaban J connectivity index is 1.88. The van der Waals surface area contributed by atoms with E-state index in [4.69, 9.17) is 0 Å². The minimum absolute atomic E-state index is 0.465. The zero-order valence-corrected chi connectivity index (χ0v) is 11.4. The fourth-order valence-corrected chi connectivity index (χ4v) is 2.60. The van der Waals surface area contributed by atoms with Crippen molar-refractivity contribution in [3.63, 3.8) is 0 Å². The minimum Gasteiger partial charge on any atom is -0.370 e. The SMILES string of the molecule is CC1(CNc2ccc(Br)cn2)CCCCC1. The fourth-order valence-electron chi connectivity index (χ4n) is 2.37. The fraction of sp³-hybridized carbons (Fsp3) is 0.615. The Labute approximate surface area is 106 Å². The summed E-state index contributed by atoms with van der Waals surface area (Å²) in [6.45, 7) is 3.43. The Morgan fingerprint density at radius 2 is 2.06 bits per heavy atom. The van der Waals surface area contributed by atoms with Crippen LogP contribution in [0.5, 0.6) is 0 Å². The van der Waals surface area contributed by atoms with Gasteiger partial charge in [-0.15, -0.1) is 0 Å². The van der Waals surface area contributed by atoms with E-state index >= 15 is 0 Å². The number of anilines is 1. The van der Waals surface area contributed by atoms with Gasteiger partial charge < -0.3 is 5.32 Å². The number of hydrogen-bond donors (Lipinski definition) is 1. The maximum Gasteiger partial charge on any atom is 0.125 e. The average molecular weight is 283 g/mol. The van der Waals surface area contributed by atoms with Crippen LogP contribution in [0.2, 0.25) is 0 Å². The number of nitrogens with one attached hydrogen (secondary N) is 1. The monoisotopic (exact) mass is 282 g/mol. The molecule has 0 unspecified atom stereocenters. The van der Waals surface area contributed by atoms with Gasteiger partial charge in [0.1, 0.15) is 5.82 Å². The van der Waals surface area contributed by atoms with Crippen LogP contribution < -0.4 is 5.32 Å². The van der Waals surface area contributed by atoms with Crippen molar-refractivity contribution in [2.24, 2.45) is 5.41 Å². The second-order valence-electron chi connectivity index (χ2n) is 5.09. The van der Waals surface area contributed by atoms with Gasteiger partial charge in [-0.3, -0.25) is 0 Å². The van der Waals surface area contributed by atoms with Gasteiger partial charge in [0.05, 0.1) is 0 Å². The summed E-state index contributed by atoms with van der Waals surface area (Å²) < 4.78 is 1.03. The van der Waals surface area contributed by atoms with Crippen molar-refractivity contribution in [1.82, 2.24) is 4.98 Å². The van der Waals surface area contributed by atoms with E-state index in [1.165, 1.54) is 32.1 Å². The second kappa shape index (κ2) is 5.17. The summed E-state index contributed by atoms with van der Waals surface area (Å²) in [6.07, 6.45) is 8.70. The molecule has 1 heterocycles. The standard InChI is InChI=1S/C13H19BrN2/c1-13(7-3-2-4-8-13)10-16-12-6-5-11(14)9-15-12/h5-6,9H,2-4,7-8,10H2,1H3,(H,15,16). The molecule has 1 N–H and O–H groups in total.